The smallest absolute Gasteiger partial charge is 0.253 e. The van der Waals surface area contributed by atoms with Crippen LogP contribution in [0.4, 0.5) is 11.4 Å². The number of ether oxygens (including phenoxy) is 1. The van der Waals surface area contributed by atoms with Gasteiger partial charge in [-0.05, 0) is 62.6 Å². The van der Waals surface area contributed by atoms with Crippen molar-refractivity contribution in [3.05, 3.63) is 60.4 Å². The van der Waals surface area contributed by atoms with Gasteiger partial charge in [0.2, 0.25) is 5.91 Å². The van der Waals surface area contributed by atoms with E-state index < -0.39 is 5.41 Å². The van der Waals surface area contributed by atoms with E-state index in [4.69, 9.17) is 4.74 Å². The van der Waals surface area contributed by atoms with Crippen LogP contribution < -0.4 is 14.5 Å². The summed E-state index contributed by atoms with van der Waals surface area (Å²) in [7, 11) is 1.64. The fourth-order valence-corrected chi connectivity index (χ4v) is 6.69. The van der Waals surface area contributed by atoms with Crippen LogP contribution in [0.25, 0.3) is 11.1 Å². The number of piperidine rings is 1. The molecule has 222 valence electrons. The van der Waals surface area contributed by atoms with Gasteiger partial charge in [-0.2, -0.15) is 5.10 Å². The number of hydrogen-bond donors (Lipinski definition) is 2. The molecular weight excluding hydrogens is 532 g/mol. The van der Waals surface area contributed by atoms with E-state index in [1.54, 1.807) is 13.3 Å². The molecule has 3 fully saturated rings. The maximum absolute atomic E-state index is 13.8. The molecule has 2 aromatic carbocycles. The van der Waals surface area contributed by atoms with Crippen LogP contribution >= 0.6 is 0 Å². The molecule has 4 heterocycles. The van der Waals surface area contributed by atoms with Gasteiger partial charge in [0.05, 0.1) is 25.3 Å². The summed E-state index contributed by atoms with van der Waals surface area (Å²) in [6, 6.07) is 14.0. The number of methoxy groups -OCH3 is 1. The molecular formula is C32H40N6O4. The lowest BCUT2D eigenvalue weighted by molar-refractivity contribution is -0.127. The van der Waals surface area contributed by atoms with Crippen LogP contribution in [0.1, 0.15) is 36.5 Å². The van der Waals surface area contributed by atoms with Gasteiger partial charge in [-0.1, -0.05) is 0 Å². The largest absolute Gasteiger partial charge is 0.496 e. The molecule has 1 aromatic heterocycles. The van der Waals surface area contributed by atoms with Crippen molar-refractivity contribution in [2.24, 2.45) is 5.41 Å². The zero-order valence-electron chi connectivity index (χ0n) is 24.5. The number of benzene rings is 2. The van der Waals surface area contributed by atoms with Crippen molar-refractivity contribution in [2.75, 3.05) is 69.3 Å². The number of nitrogens with one attached hydrogen (secondary N) is 1. The third-order valence-corrected chi connectivity index (χ3v) is 9.51. The Morgan fingerprint density at radius 3 is 2.33 bits per heavy atom. The number of nitrogens with zero attached hydrogens (tertiary/aromatic N) is 5. The molecule has 3 saturated heterocycles. The molecule has 0 aliphatic carbocycles. The number of anilines is 2. The third-order valence-electron chi connectivity index (χ3n) is 9.51. The highest BCUT2D eigenvalue weighted by molar-refractivity contribution is 6.01. The molecule has 3 aliphatic heterocycles. The summed E-state index contributed by atoms with van der Waals surface area (Å²) in [5.41, 5.74) is 4.07. The Balaban J connectivity index is 1.06. The molecule has 2 N–H and O–H groups in total. The molecule has 10 heteroatoms. The van der Waals surface area contributed by atoms with E-state index in [0.29, 0.717) is 43.8 Å². The van der Waals surface area contributed by atoms with Gasteiger partial charge in [0.25, 0.3) is 5.91 Å². The van der Waals surface area contributed by atoms with Crippen LogP contribution in [0.2, 0.25) is 0 Å². The predicted molar refractivity (Wildman–Crippen MR) is 162 cm³/mol. The van der Waals surface area contributed by atoms with Gasteiger partial charge in [-0.15, -0.1) is 0 Å². The topological polar surface area (TPSA) is 105 Å². The second-order valence-corrected chi connectivity index (χ2v) is 11.8. The lowest BCUT2D eigenvalue weighted by atomic mass is 9.77. The number of H-pyrrole nitrogens is 1. The van der Waals surface area contributed by atoms with E-state index in [2.05, 4.69) is 26.9 Å². The molecule has 2 amide bonds. The SMILES string of the molecule is COc1cc(N2CCC3(CCN(C(=O)c4ccc(N5CCN(C(C)CO)CC5)cc4)CC3)C2=O)ccc1-c1cn[nH]c1. The van der Waals surface area contributed by atoms with Crippen LogP contribution in [-0.4, -0.2) is 102 Å². The number of aromatic nitrogens is 2. The highest BCUT2D eigenvalue weighted by Crippen LogP contribution is 2.44. The molecule has 3 aliphatic rings. The Labute approximate surface area is 246 Å². The molecule has 6 rings (SSSR count). The number of aromatic amines is 1. The summed E-state index contributed by atoms with van der Waals surface area (Å²) in [6.07, 6.45) is 5.71. The van der Waals surface area contributed by atoms with Crippen LogP contribution in [0.15, 0.2) is 54.9 Å². The number of amides is 2. The molecule has 10 nitrogen and oxygen atoms in total. The van der Waals surface area contributed by atoms with Crippen LogP contribution in [0.3, 0.4) is 0 Å². The first-order valence-corrected chi connectivity index (χ1v) is 14.9. The molecule has 0 bridgehead atoms. The van der Waals surface area contributed by atoms with Crippen molar-refractivity contribution in [1.82, 2.24) is 20.0 Å². The van der Waals surface area contributed by atoms with E-state index in [-0.39, 0.29) is 24.5 Å². The van der Waals surface area contributed by atoms with E-state index >= 15 is 0 Å². The molecule has 3 aromatic rings. The normalized spacial score (nSPS) is 19.9. The Kier molecular flexibility index (Phi) is 7.92. The zero-order chi connectivity index (χ0) is 29.3. The predicted octanol–water partition coefficient (Wildman–Crippen LogP) is 3.25. The van der Waals surface area contributed by atoms with Crippen LogP contribution in [0, 0.1) is 5.41 Å². The average molecular weight is 573 g/mol. The standard InChI is InChI=1S/C32H40N6O4/c1-23(22-39)35-15-17-36(18-16-35)26-5-3-24(4-6-26)30(40)37-12-9-32(10-13-37)11-14-38(31(32)41)27-7-8-28(29(19-27)42-2)25-20-33-34-21-25/h3-8,19-21,23,39H,9-18,22H2,1-2H3,(H,33,34). The van der Waals surface area contributed by atoms with Gasteiger partial charge in [-0.25, -0.2) is 0 Å². The van der Waals surface area contributed by atoms with Crippen molar-refractivity contribution in [2.45, 2.75) is 32.2 Å². The number of carbonyl (C=O) groups excluding carboxylic acids is 2. The van der Waals surface area contributed by atoms with Crippen LogP contribution in [0.5, 0.6) is 5.75 Å². The highest BCUT2D eigenvalue weighted by atomic mass is 16.5. The minimum atomic E-state index is -0.424. The Hall–Kier alpha value is -3.89. The number of carbonyl (C=O) groups is 2. The maximum Gasteiger partial charge on any atom is 0.253 e. The fraction of sp³-hybridized carbons (Fsp3) is 0.469. The molecule has 1 unspecified atom stereocenters. The van der Waals surface area contributed by atoms with Crippen molar-refractivity contribution in [3.8, 4) is 16.9 Å². The molecule has 1 spiro atoms. The van der Waals surface area contributed by atoms with Crippen molar-refractivity contribution < 1.29 is 19.4 Å². The molecule has 0 saturated carbocycles. The second kappa shape index (κ2) is 11.8. The van der Waals surface area contributed by atoms with Crippen LogP contribution in [-0.2, 0) is 4.79 Å². The van der Waals surface area contributed by atoms with Gasteiger partial charge >= 0.3 is 0 Å². The molecule has 1 atom stereocenters. The van der Waals surface area contributed by atoms with E-state index in [1.165, 1.54) is 0 Å². The Bertz CT molecular complexity index is 1390. The van der Waals surface area contributed by atoms with Crippen molar-refractivity contribution in [1.29, 1.82) is 0 Å². The summed E-state index contributed by atoms with van der Waals surface area (Å²) >= 11 is 0. The zero-order valence-corrected chi connectivity index (χ0v) is 24.5. The summed E-state index contributed by atoms with van der Waals surface area (Å²) in [6.45, 7) is 7.68. The second-order valence-electron chi connectivity index (χ2n) is 11.8. The van der Waals surface area contributed by atoms with E-state index in [0.717, 1.165) is 55.1 Å². The van der Waals surface area contributed by atoms with Gasteiger partial charge in [0.15, 0.2) is 0 Å². The Morgan fingerprint density at radius 2 is 1.69 bits per heavy atom. The van der Waals surface area contributed by atoms with Gasteiger partial charge in [0.1, 0.15) is 5.75 Å². The summed E-state index contributed by atoms with van der Waals surface area (Å²) in [5, 5.41) is 16.3. The monoisotopic (exact) mass is 572 g/mol. The van der Waals surface area contributed by atoms with E-state index in [1.807, 2.05) is 58.5 Å². The first-order chi connectivity index (χ1) is 20.4. The number of aliphatic hydroxyl groups excluding tert-OH is 1. The van der Waals surface area contributed by atoms with Crippen molar-refractivity contribution in [3.63, 3.8) is 0 Å². The quantitative estimate of drug-likeness (QED) is 0.448. The minimum absolute atomic E-state index is 0.0277. The fourth-order valence-electron chi connectivity index (χ4n) is 6.69. The van der Waals surface area contributed by atoms with E-state index in [9.17, 15) is 14.7 Å². The van der Waals surface area contributed by atoms with Gasteiger partial charge < -0.3 is 24.5 Å². The average Bonchev–Trinajstić information content (AvgIpc) is 3.69. The lowest BCUT2D eigenvalue weighted by Gasteiger charge is -2.39. The third kappa shape index (κ3) is 5.25. The maximum atomic E-state index is 13.8. The highest BCUT2D eigenvalue weighted by Gasteiger charge is 2.49. The number of hydrogen-bond acceptors (Lipinski definition) is 7. The Morgan fingerprint density at radius 1 is 1.00 bits per heavy atom. The first-order valence-electron chi connectivity index (χ1n) is 14.9. The lowest BCUT2D eigenvalue weighted by Crippen LogP contribution is -2.50. The van der Waals surface area contributed by atoms with Gasteiger partial charge in [0, 0.05) is 92.2 Å². The number of likely N-dealkylation sites (tertiary alicyclic amines) is 1. The summed E-state index contributed by atoms with van der Waals surface area (Å²) in [4.78, 5) is 35.5. The van der Waals surface area contributed by atoms with Gasteiger partial charge in [-0.3, -0.25) is 19.6 Å². The molecule has 0 radical (unpaired) electrons. The summed E-state index contributed by atoms with van der Waals surface area (Å²) < 4.78 is 5.65. The van der Waals surface area contributed by atoms with Crippen molar-refractivity contribution >= 4 is 23.2 Å². The summed E-state index contributed by atoms with van der Waals surface area (Å²) in [5.74, 6) is 0.873. The molecule has 42 heavy (non-hydrogen) atoms. The number of aliphatic hydroxyl groups is 1. The number of rotatable bonds is 7. The minimum Gasteiger partial charge on any atom is -0.496 e. The number of piperazine rings is 1. The first kappa shape index (κ1) is 28.2.